The van der Waals surface area contributed by atoms with Crippen LogP contribution in [0.5, 0.6) is 5.75 Å². The first kappa shape index (κ1) is 22.4. The number of rotatable bonds is 7. The summed E-state index contributed by atoms with van der Waals surface area (Å²) in [7, 11) is -2.28. The Morgan fingerprint density at radius 1 is 0.935 bits per heavy atom. The number of aryl methyl sites for hydroxylation is 2. The van der Waals surface area contributed by atoms with Crippen LogP contribution >= 0.6 is 0 Å². The van der Waals surface area contributed by atoms with Gasteiger partial charge in [0.2, 0.25) is 0 Å². The third-order valence-electron chi connectivity index (χ3n) is 5.13. The van der Waals surface area contributed by atoms with Gasteiger partial charge in [0.25, 0.3) is 15.9 Å². The average Bonchev–Trinajstić information content (AvgIpc) is 2.75. The zero-order valence-electron chi connectivity index (χ0n) is 18.0. The Bertz CT molecular complexity index is 1190. The van der Waals surface area contributed by atoms with Gasteiger partial charge in [-0.3, -0.25) is 9.52 Å². The second-order valence-electron chi connectivity index (χ2n) is 7.40. The van der Waals surface area contributed by atoms with Gasteiger partial charge in [0.1, 0.15) is 5.75 Å². The summed E-state index contributed by atoms with van der Waals surface area (Å²) in [6.45, 7) is 5.99. The van der Waals surface area contributed by atoms with Gasteiger partial charge < -0.3 is 10.1 Å². The summed E-state index contributed by atoms with van der Waals surface area (Å²) in [5, 5.41) is 2.96. The summed E-state index contributed by atoms with van der Waals surface area (Å²) in [4.78, 5) is 12.8. The molecule has 0 aromatic heterocycles. The Balaban J connectivity index is 1.74. The molecule has 3 rings (SSSR count). The highest BCUT2D eigenvalue weighted by Crippen LogP contribution is 2.21. The molecular weight excluding hydrogens is 412 g/mol. The van der Waals surface area contributed by atoms with E-state index in [-0.39, 0.29) is 16.8 Å². The molecule has 3 aromatic carbocycles. The molecule has 0 fully saturated rings. The fourth-order valence-electron chi connectivity index (χ4n) is 3.09. The quantitative estimate of drug-likeness (QED) is 0.564. The maximum atomic E-state index is 12.7. The van der Waals surface area contributed by atoms with Gasteiger partial charge in [-0.2, -0.15) is 0 Å². The molecular formula is C24H26N2O4S. The van der Waals surface area contributed by atoms with Crippen LogP contribution in [0, 0.1) is 13.8 Å². The number of anilines is 1. The number of ether oxygens (including phenoxy) is 1. The predicted molar refractivity (Wildman–Crippen MR) is 122 cm³/mol. The summed E-state index contributed by atoms with van der Waals surface area (Å²) in [6, 6.07) is 18.4. The summed E-state index contributed by atoms with van der Waals surface area (Å²) in [6.07, 6.45) is 0. The van der Waals surface area contributed by atoms with Crippen LogP contribution in [0.2, 0.25) is 0 Å². The predicted octanol–water partition coefficient (Wildman–Crippen LogP) is 4.60. The molecule has 1 amide bonds. The van der Waals surface area contributed by atoms with Crippen molar-refractivity contribution in [1.82, 2.24) is 5.32 Å². The smallest absolute Gasteiger partial charge is 0.261 e. The molecule has 0 saturated heterocycles. The van der Waals surface area contributed by atoms with Crippen molar-refractivity contribution in [2.45, 2.75) is 31.7 Å². The maximum absolute atomic E-state index is 12.7. The van der Waals surface area contributed by atoms with Crippen molar-refractivity contribution in [1.29, 1.82) is 0 Å². The number of methoxy groups -OCH3 is 1. The molecule has 0 aliphatic rings. The average molecular weight is 439 g/mol. The van der Waals surface area contributed by atoms with Crippen molar-refractivity contribution in [3.63, 3.8) is 0 Å². The maximum Gasteiger partial charge on any atom is 0.261 e. The molecule has 3 aromatic rings. The number of hydrogen-bond acceptors (Lipinski definition) is 4. The van der Waals surface area contributed by atoms with Crippen molar-refractivity contribution in [2.75, 3.05) is 11.8 Å². The molecule has 0 heterocycles. The molecule has 6 nitrogen and oxygen atoms in total. The third-order valence-corrected chi connectivity index (χ3v) is 6.52. The van der Waals surface area contributed by atoms with Crippen LogP contribution < -0.4 is 14.8 Å². The Labute approximate surface area is 183 Å². The second-order valence-corrected chi connectivity index (χ2v) is 9.08. The second kappa shape index (κ2) is 9.22. The molecule has 0 aliphatic carbocycles. The Kier molecular flexibility index (Phi) is 6.65. The van der Waals surface area contributed by atoms with E-state index in [1.54, 1.807) is 30.3 Å². The first-order valence-electron chi connectivity index (χ1n) is 9.84. The fourth-order valence-corrected chi connectivity index (χ4v) is 4.14. The van der Waals surface area contributed by atoms with Crippen LogP contribution in [0.15, 0.2) is 71.6 Å². The minimum Gasteiger partial charge on any atom is -0.497 e. The normalized spacial score (nSPS) is 12.1. The summed E-state index contributed by atoms with van der Waals surface area (Å²) >= 11 is 0. The van der Waals surface area contributed by atoms with E-state index in [1.807, 2.05) is 32.9 Å². The topological polar surface area (TPSA) is 84.5 Å². The van der Waals surface area contributed by atoms with Crippen molar-refractivity contribution < 1.29 is 17.9 Å². The molecule has 0 radical (unpaired) electrons. The summed E-state index contributed by atoms with van der Waals surface area (Å²) in [5.74, 6) is 0.284. The molecule has 0 saturated carbocycles. The third kappa shape index (κ3) is 5.44. The number of carbonyl (C=O) groups is 1. The van der Waals surface area contributed by atoms with Crippen molar-refractivity contribution >= 4 is 21.6 Å². The number of benzene rings is 3. The van der Waals surface area contributed by atoms with Crippen molar-refractivity contribution in [3.05, 3.63) is 89.0 Å². The molecule has 0 spiro atoms. The monoisotopic (exact) mass is 438 g/mol. The van der Waals surface area contributed by atoms with E-state index in [0.29, 0.717) is 17.0 Å². The van der Waals surface area contributed by atoms with Gasteiger partial charge in [-0.25, -0.2) is 8.42 Å². The van der Waals surface area contributed by atoms with E-state index >= 15 is 0 Å². The highest BCUT2D eigenvalue weighted by atomic mass is 32.2. The van der Waals surface area contributed by atoms with Gasteiger partial charge in [-0.15, -0.1) is 0 Å². The molecule has 1 atom stereocenters. The number of sulfonamides is 1. The highest BCUT2D eigenvalue weighted by Gasteiger charge is 2.16. The van der Waals surface area contributed by atoms with Gasteiger partial charge in [0.15, 0.2) is 0 Å². The first-order valence-corrected chi connectivity index (χ1v) is 11.3. The van der Waals surface area contributed by atoms with Crippen LogP contribution in [0.3, 0.4) is 0 Å². The van der Waals surface area contributed by atoms with Crippen molar-refractivity contribution in [3.8, 4) is 5.75 Å². The van der Waals surface area contributed by atoms with Gasteiger partial charge in [-0.05, 0) is 79.9 Å². The van der Waals surface area contributed by atoms with Crippen LogP contribution in [-0.4, -0.2) is 21.4 Å². The van der Waals surface area contributed by atoms with E-state index < -0.39 is 10.0 Å². The zero-order chi connectivity index (χ0) is 22.6. The minimum atomic E-state index is -3.79. The van der Waals surface area contributed by atoms with Crippen molar-refractivity contribution in [2.24, 2.45) is 0 Å². The molecule has 0 aliphatic heterocycles. The lowest BCUT2D eigenvalue weighted by Gasteiger charge is -2.16. The minimum absolute atomic E-state index is 0.103. The Morgan fingerprint density at radius 3 is 2.29 bits per heavy atom. The van der Waals surface area contributed by atoms with E-state index in [4.69, 9.17) is 4.74 Å². The molecule has 2 N–H and O–H groups in total. The number of nitrogens with one attached hydrogen (secondary N) is 2. The van der Waals surface area contributed by atoms with Gasteiger partial charge >= 0.3 is 0 Å². The molecule has 162 valence electrons. The highest BCUT2D eigenvalue weighted by molar-refractivity contribution is 7.92. The van der Waals surface area contributed by atoms with Crippen LogP contribution in [0.4, 0.5) is 5.69 Å². The summed E-state index contributed by atoms with van der Waals surface area (Å²) in [5.41, 5.74) is 4.04. The lowest BCUT2D eigenvalue weighted by atomic mass is 10.0. The Hall–Kier alpha value is -3.32. The lowest BCUT2D eigenvalue weighted by molar-refractivity contribution is 0.0940. The number of amides is 1. The molecule has 0 unspecified atom stereocenters. The van der Waals surface area contributed by atoms with Crippen LogP contribution in [-0.2, 0) is 10.0 Å². The van der Waals surface area contributed by atoms with E-state index in [0.717, 1.165) is 11.1 Å². The Morgan fingerprint density at radius 2 is 1.65 bits per heavy atom. The first-order chi connectivity index (χ1) is 14.7. The zero-order valence-corrected chi connectivity index (χ0v) is 18.8. The van der Waals surface area contributed by atoms with Gasteiger partial charge in [-0.1, -0.05) is 24.3 Å². The van der Waals surface area contributed by atoms with Crippen LogP contribution in [0.1, 0.15) is 40.0 Å². The lowest BCUT2D eigenvalue weighted by Crippen LogP contribution is -2.26. The van der Waals surface area contributed by atoms with E-state index in [2.05, 4.69) is 16.1 Å². The van der Waals surface area contributed by atoms with Gasteiger partial charge in [0, 0.05) is 11.3 Å². The largest absolute Gasteiger partial charge is 0.497 e. The SMILES string of the molecule is COc1ccc(S(=O)(=O)Nc2cccc(C(=O)N[C@@H](C)c3ccc(C)c(C)c3)c2)cc1. The van der Waals surface area contributed by atoms with Gasteiger partial charge in [0.05, 0.1) is 18.0 Å². The molecule has 7 heteroatoms. The molecule has 0 bridgehead atoms. The number of hydrogen-bond donors (Lipinski definition) is 2. The van der Waals surface area contributed by atoms with Crippen LogP contribution in [0.25, 0.3) is 0 Å². The fraction of sp³-hybridized carbons (Fsp3) is 0.208. The van der Waals surface area contributed by atoms with E-state index in [9.17, 15) is 13.2 Å². The van der Waals surface area contributed by atoms with E-state index in [1.165, 1.54) is 30.9 Å². The standard InChI is InChI=1S/C24H26N2O4S/c1-16-8-9-19(14-17(16)2)18(3)25-24(27)20-6-5-7-21(15-20)26-31(28,29)23-12-10-22(30-4)11-13-23/h5-15,18,26H,1-4H3,(H,25,27)/t18-/m0/s1. The molecule has 31 heavy (non-hydrogen) atoms. The number of carbonyl (C=O) groups excluding carboxylic acids is 1. The summed E-state index contributed by atoms with van der Waals surface area (Å²) < 4.78 is 32.9.